The Hall–Kier alpha value is -4.93. The van der Waals surface area contributed by atoms with Crippen LogP contribution in [0.25, 0.3) is 11.4 Å². The number of nitrogens with one attached hydrogen (secondary N) is 2. The van der Waals surface area contributed by atoms with Crippen LogP contribution in [0.5, 0.6) is 17.2 Å². The highest BCUT2D eigenvalue weighted by molar-refractivity contribution is 6.06. The molecule has 0 fully saturated rings. The van der Waals surface area contributed by atoms with Gasteiger partial charge in [0.05, 0.1) is 38.8 Å². The van der Waals surface area contributed by atoms with E-state index in [0.29, 0.717) is 46.0 Å². The fraction of sp³-hybridized carbons (Fsp3) is 0.185. The van der Waals surface area contributed by atoms with Gasteiger partial charge in [-0.15, -0.1) is 5.10 Å². The Morgan fingerprint density at radius 1 is 1.05 bits per heavy atom. The van der Waals surface area contributed by atoms with Gasteiger partial charge in [-0.25, -0.2) is 9.07 Å². The summed E-state index contributed by atoms with van der Waals surface area (Å²) in [6.07, 6.45) is 3.14. The zero-order valence-electron chi connectivity index (χ0n) is 21.2. The van der Waals surface area contributed by atoms with Crippen molar-refractivity contribution in [2.75, 3.05) is 32.0 Å². The standard InChI is InChI=1S/C27H25FN6O4/c1-15-22(26(35)31-17-8-7-11-29-14-17)23(18-9-5-6-10-19(18)28)34-27(30-15)32-25(33-34)16-12-20(36-2)24(38-4)21(13-16)37-3/h5-14,23H,1-4H3,(H,31,35)(H,30,32,33). The van der Waals surface area contributed by atoms with E-state index in [0.717, 1.165) is 0 Å². The number of rotatable bonds is 7. The molecular formula is C27H25FN6O4. The predicted molar refractivity (Wildman–Crippen MR) is 139 cm³/mol. The summed E-state index contributed by atoms with van der Waals surface area (Å²) in [6, 6.07) is 12.3. The molecule has 2 aromatic heterocycles. The summed E-state index contributed by atoms with van der Waals surface area (Å²) in [5, 5.41) is 10.7. The second kappa shape index (κ2) is 10.2. The van der Waals surface area contributed by atoms with Crippen molar-refractivity contribution in [3.63, 3.8) is 0 Å². The minimum absolute atomic E-state index is 0.271. The maximum absolute atomic E-state index is 15.2. The summed E-state index contributed by atoms with van der Waals surface area (Å²) < 4.78 is 33.0. The second-order valence-electron chi connectivity index (χ2n) is 8.40. The molecule has 0 bridgehead atoms. The van der Waals surface area contributed by atoms with E-state index >= 15 is 4.39 Å². The van der Waals surface area contributed by atoms with Gasteiger partial charge in [0.15, 0.2) is 17.3 Å². The van der Waals surface area contributed by atoms with Gasteiger partial charge < -0.3 is 24.8 Å². The Balaban J connectivity index is 1.63. The van der Waals surface area contributed by atoms with Crippen LogP contribution in [0, 0.1) is 5.82 Å². The highest BCUT2D eigenvalue weighted by Gasteiger charge is 2.36. The van der Waals surface area contributed by atoms with E-state index < -0.39 is 17.8 Å². The highest BCUT2D eigenvalue weighted by atomic mass is 19.1. The van der Waals surface area contributed by atoms with Crippen LogP contribution in [0.4, 0.5) is 16.0 Å². The van der Waals surface area contributed by atoms with Crippen LogP contribution in [0.1, 0.15) is 18.5 Å². The minimum atomic E-state index is -0.896. The summed E-state index contributed by atoms with van der Waals surface area (Å²) in [5.41, 5.74) is 2.15. The van der Waals surface area contributed by atoms with E-state index in [1.165, 1.54) is 38.3 Å². The summed E-state index contributed by atoms with van der Waals surface area (Å²) in [4.78, 5) is 22.2. The van der Waals surface area contributed by atoms with Crippen molar-refractivity contribution in [1.82, 2.24) is 19.7 Å². The Bertz CT molecular complexity index is 1510. The number of benzene rings is 2. The summed E-state index contributed by atoms with van der Waals surface area (Å²) in [6.45, 7) is 1.74. The van der Waals surface area contributed by atoms with Crippen LogP contribution in [0.2, 0.25) is 0 Å². The molecule has 3 heterocycles. The van der Waals surface area contributed by atoms with E-state index in [9.17, 15) is 4.79 Å². The first kappa shape index (κ1) is 24.8. The number of carbonyl (C=O) groups is 1. The Kier molecular flexibility index (Phi) is 6.65. The third kappa shape index (κ3) is 4.38. The number of anilines is 2. The van der Waals surface area contributed by atoms with Gasteiger partial charge in [-0.05, 0) is 37.3 Å². The SMILES string of the molecule is COc1cc(-c2nc3n(n2)C(c2ccccc2F)C(C(=O)Nc2cccnc2)=C(C)N3)cc(OC)c1OC. The lowest BCUT2D eigenvalue weighted by molar-refractivity contribution is -0.113. The molecule has 1 unspecified atom stereocenters. The number of amides is 1. The van der Waals surface area contributed by atoms with Crippen LogP contribution in [0.15, 0.2) is 72.2 Å². The van der Waals surface area contributed by atoms with Crippen LogP contribution in [-0.2, 0) is 4.79 Å². The Morgan fingerprint density at radius 2 is 1.79 bits per heavy atom. The molecule has 38 heavy (non-hydrogen) atoms. The van der Waals surface area contributed by atoms with E-state index in [-0.39, 0.29) is 11.1 Å². The number of hydrogen-bond acceptors (Lipinski definition) is 8. The van der Waals surface area contributed by atoms with Crippen molar-refractivity contribution in [3.05, 3.63) is 83.6 Å². The van der Waals surface area contributed by atoms with Crippen molar-refractivity contribution >= 4 is 17.5 Å². The van der Waals surface area contributed by atoms with Gasteiger partial charge in [-0.2, -0.15) is 4.98 Å². The molecule has 2 N–H and O–H groups in total. The molecule has 0 radical (unpaired) electrons. The average molecular weight is 517 g/mol. The Morgan fingerprint density at radius 3 is 2.42 bits per heavy atom. The number of halogens is 1. The first-order valence-corrected chi connectivity index (χ1v) is 11.7. The third-order valence-electron chi connectivity index (χ3n) is 6.14. The quantitative estimate of drug-likeness (QED) is 0.371. The molecule has 11 heteroatoms. The van der Waals surface area contributed by atoms with Gasteiger partial charge in [0.1, 0.15) is 11.9 Å². The van der Waals surface area contributed by atoms with Crippen molar-refractivity contribution in [2.45, 2.75) is 13.0 Å². The highest BCUT2D eigenvalue weighted by Crippen LogP contribution is 2.42. The molecule has 10 nitrogen and oxygen atoms in total. The number of fused-ring (bicyclic) bond motifs is 1. The Labute approximate surface area is 218 Å². The van der Waals surface area contributed by atoms with Gasteiger partial charge >= 0.3 is 0 Å². The fourth-order valence-corrected chi connectivity index (χ4v) is 4.40. The summed E-state index contributed by atoms with van der Waals surface area (Å²) in [5.74, 6) is 1.05. The zero-order chi connectivity index (χ0) is 26.8. The van der Waals surface area contributed by atoms with Gasteiger partial charge in [-0.1, -0.05) is 18.2 Å². The number of pyridine rings is 1. The normalized spacial score (nSPS) is 14.4. The lowest BCUT2D eigenvalue weighted by Gasteiger charge is -2.28. The molecular weight excluding hydrogens is 491 g/mol. The number of carbonyl (C=O) groups excluding carboxylic acids is 1. The molecule has 1 aliphatic heterocycles. The van der Waals surface area contributed by atoms with Crippen LogP contribution in [-0.4, -0.2) is 47.0 Å². The van der Waals surface area contributed by atoms with Gasteiger partial charge in [-0.3, -0.25) is 9.78 Å². The molecule has 1 aliphatic rings. The first-order chi connectivity index (χ1) is 18.4. The summed E-state index contributed by atoms with van der Waals surface area (Å²) in [7, 11) is 4.55. The first-order valence-electron chi connectivity index (χ1n) is 11.7. The number of ether oxygens (including phenoxy) is 3. The van der Waals surface area contributed by atoms with Gasteiger partial charge in [0, 0.05) is 23.0 Å². The van der Waals surface area contributed by atoms with Gasteiger partial charge in [0.2, 0.25) is 11.7 Å². The van der Waals surface area contributed by atoms with E-state index in [4.69, 9.17) is 19.3 Å². The molecule has 0 aliphatic carbocycles. The topological polar surface area (TPSA) is 112 Å². The molecule has 0 saturated heterocycles. The van der Waals surface area contributed by atoms with Gasteiger partial charge in [0.25, 0.3) is 5.91 Å². The number of aromatic nitrogens is 4. The van der Waals surface area contributed by atoms with Crippen molar-refractivity contribution in [3.8, 4) is 28.6 Å². The fourth-order valence-electron chi connectivity index (χ4n) is 4.40. The molecule has 0 saturated carbocycles. The number of allylic oxidation sites excluding steroid dienone is 1. The van der Waals surface area contributed by atoms with Crippen molar-refractivity contribution < 1.29 is 23.4 Å². The number of methoxy groups -OCH3 is 3. The molecule has 5 rings (SSSR count). The summed E-state index contributed by atoms with van der Waals surface area (Å²) >= 11 is 0. The molecule has 194 valence electrons. The molecule has 2 aromatic carbocycles. The zero-order valence-corrected chi connectivity index (χ0v) is 21.2. The van der Waals surface area contributed by atoms with Crippen molar-refractivity contribution in [1.29, 1.82) is 0 Å². The molecule has 4 aromatic rings. The van der Waals surface area contributed by atoms with Crippen LogP contribution >= 0.6 is 0 Å². The monoisotopic (exact) mass is 516 g/mol. The van der Waals surface area contributed by atoms with E-state index in [2.05, 4.69) is 20.6 Å². The number of hydrogen-bond donors (Lipinski definition) is 2. The maximum Gasteiger partial charge on any atom is 0.255 e. The molecule has 0 spiro atoms. The minimum Gasteiger partial charge on any atom is -0.493 e. The molecule has 1 atom stereocenters. The van der Waals surface area contributed by atoms with E-state index in [1.807, 2.05) is 0 Å². The van der Waals surface area contributed by atoms with Crippen LogP contribution in [0.3, 0.4) is 0 Å². The number of nitrogens with zero attached hydrogens (tertiary/aromatic N) is 4. The smallest absolute Gasteiger partial charge is 0.255 e. The third-order valence-corrected chi connectivity index (χ3v) is 6.14. The predicted octanol–water partition coefficient (Wildman–Crippen LogP) is 4.43. The lowest BCUT2D eigenvalue weighted by atomic mass is 9.94. The lowest BCUT2D eigenvalue weighted by Crippen LogP contribution is -2.32. The van der Waals surface area contributed by atoms with Crippen molar-refractivity contribution in [2.24, 2.45) is 0 Å². The maximum atomic E-state index is 15.2. The molecule has 1 amide bonds. The van der Waals surface area contributed by atoms with Crippen LogP contribution < -0.4 is 24.8 Å². The second-order valence-corrected chi connectivity index (χ2v) is 8.40. The largest absolute Gasteiger partial charge is 0.493 e. The average Bonchev–Trinajstić information content (AvgIpc) is 3.36. The van der Waals surface area contributed by atoms with E-state index in [1.54, 1.807) is 55.6 Å².